The highest BCUT2D eigenvalue weighted by molar-refractivity contribution is 4.60. The third kappa shape index (κ3) is 7.98. The molecule has 0 aromatic carbocycles. The zero-order valence-electron chi connectivity index (χ0n) is 7.90. The predicted octanol–water partition coefficient (Wildman–Crippen LogP) is 0.669. The van der Waals surface area contributed by atoms with Crippen molar-refractivity contribution in [3.05, 3.63) is 0 Å². The fourth-order valence-corrected chi connectivity index (χ4v) is 1.01. The van der Waals surface area contributed by atoms with Crippen molar-refractivity contribution in [2.45, 2.75) is 57.8 Å². The minimum absolute atomic E-state index is 0.341. The summed E-state index contributed by atoms with van der Waals surface area (Å²) < 4.78 is 0. The molecule has 3 heteroatoms. The topological polar surface area (TPSA) is 60.7 Å². The Morgan fingerprint density at radius 3 is 1.33 bits per heavy atom. The second kappa shape index (κ2) is 6.40. The minimum atomic E-state index is -0.380. The van der Waals surface area contributed by atoms with E-state index in [4.69, 9.17) is 10.2 Å². The van der Waals surface area contributed by atoms with Crippen LogP contribution >= 0.6 is 0 Å². The van der Waals surface area contributed by atoms with Crippen molar-refractivity contribution >= 4 is 0 Å². The first-order chi connectivity index (χ1) is 5.52. The first kappa shape index (κ1) is 11.9. The molecule has 0 aliphatic carbocycles. The summed E-state index contributed by atoms with van der Waals surface area (Å²) in [5.41, 5.74) is 0. The molecule has 0 radical (unpaired) electrons. The summed E-state index contributed by atoms with van der Waals surface area (Å²) in [5.74, 6) is 0. The predicted molar refractivity (Wildman–Crippen MR) is 47.8 cm³/mol. The Labute approximate surface area is 74.0 Å². The molecule has 3 N–H and O–H groups in total. The van der Waals surface area contributed by atoms with Gasteiger partial charge in [-0.1, -0.05) is 0 Å². The lowest BCUT2D eigenvalue weighted by Crippen LogP contribution is -2.13. The highest BCUT2D eigenvalue weighted by Crippen LogP contribution is 2.08. The second-order valence-electron chi connectivity index (χ2n) is 3.51. The van der Waals surface area contributed by atoms with E-state index in [1.54, 1.807) is 13.8 Å². The van der Waals surface area contributed by atoms with Crippen LogP contribution in [0.3, 0.4) is 0 Å². The molecule has 0 amide bonds. The molecule has 0 aromatic heterocycles. The van der Waals surface area contributed by atoms with Crippen molar-refractivity contribution in [1.82, 2.24) is 0 Å². The zero-order valence-corrected chi connectivity index (χ0v) is 7.90. The molecule has 0 aliphatic heterocycles. The van der Waals surface area contributed by atoms with Crippen molar-refractivity contribution < 1.29 is 15.3 Å². The van der Waals surface area contributed by atoms with E-state index in [0.717, 1.165) is 0 Å². The van der Waals surface area contributed by atoms with Gasteiger partial charge in [0.15, 0.2) is 0 Å². The lowest BCUT2D eigenvalue weighted by Gasteiger charge is -2.12. The van der Waals surface area contributed by atoms with Gasteiger partial charge < -0.3 is 15.3 Å². The average molecular weight is 176 g/mol. The maximum absolute atomic E-state index is 9.32. The molecule has 0 aromatic rings. The molecular formula is C9H20O3. The molecule has 0 saturated carbocycles. The van der Waals surface area contributed by atoms with Crippen LogP contribution < -0.4 is 0 Å². The van der Waals surface area contributed by atoms with Crippen LogP contribution in [0.2, 0.25) is 0 Å². The molecule has 0 rings (SSSR count). The Bertz CT molecular complexity index is 89.9. The molecule has 0 unspecified atom stereocenters. The van der Waals surface area contributed by atoms with Crippen LogP contribution in [-0.4, -0.2) is 33.6 Å². The Morgan fingerprint density at radius 1 is 0.750 bits per heavy atom. The van der Waals surface area contributed by atoms with Crippen LogP contribution in [0.25, 0.3) is 0 Å². The third-order valence-electron chi connectivity index (χ3n) is 1.84. The second-order valence-corrected chi connectivity index (χ2v) is 3.51. The van der Waals surface area contributed by atoms with E-state index in [1.165, 1.54) is 0 Å². The SMILES string of the molecule is C[C@H](O)CCC(O)CC[C@H](C)O. The molecule has 0 aliphatic rings. The quantitative estimate of drug-likeness (QED) is 0.557. The summed E-state index contributed by atoms with van der Waals surface area (Å²) >= 11 is 0. The molecule has 2 atom stereocenters. The molecule has 12 heavy (non-hydrogen) atoms. The monoisotopic (exact) mass is 176 g/mol. The summed E-state index contributed by atoms with van der Waals surface area (Å²) in [6.45, 7) is 3.42. The van der Waals surface area contributed by atoms with Crippen LogP contribution in [0.5, 0.6) is 0 Å². The van der Waals surface area contributed by atoms with Crippen LogP contribution in [0, 0.1) is 0 Å². The van der Waals surface area contributed by atoms with Gasteiger partial charge in [0.2, 0.25) is 0 Å². The summed E-state index contributed by atoms with van der Waals surface area (Å²) in [6.07, 6.45) is 1.42. The molecule has 74 valence electrons. The number of rotatable bonds is 6. The fraction of sp³-hybridized carbons (Fsp3) is 1.00. The smallest absolute Gasteiger partial charge is 0.0542 e. The summed E-state index contributed by atoms with van der Waals surface area (Å²) in [4.78, 5) is 0. The molecular weight excluding hydrogens is 156 g/mol. The van der Waals surface area contributed by atoms with E-state index < -0.39 is 0 Å². The zero-order chi connectivity index (χ0) is 9.56. The lowest BCUT2D eigenvalue weighted by atomic mass is 10.1. The van der Waals surface area contributed by atoms with E-state index in [9.17, 15) is 5.11 Å². The van der Waals surface area contributed by atoms with Crippen LogP contribution in [0.4, 0.5) is 0 Å². The Hall–Kier alpha value is -0.120. The average Bonchev–Trinajstić information content (AvgIpc) is 1.96. The van der Waals surface area contributed by atoms with E-state index in [1.807, 2.05) is 0 Å². The Kier molecular flexibility index (Phi) is 6.34. The number of aliphatic hydroxyl groups excluding tert-OH is 3. The molecule has 0 fully saturated rings. The first-order valence-electron chi connectivity index (χ1n) is 4.56. The standard InChI is InChI=1S/C9H20O3/c1-7(10)3-5-9(12)6-4-8(2)11/h7-12H,3-6H2,1-2H3/t7-,8-/m0/s1. The minimum Gasteiger partial charge on any atom is -0.393 e. The van der Waals surface area contributed by atoms with Gasteiger partial charge in [0, 0.05) is 0 Å². The van der Waals surface area contributed by atoms with Gasteiger partial charge in [-0.3, -0.25) is 0 Å². The number of hydrogen-bond acceptors (Lipinski definition) is 3. The van der Waals surface area contributed by atoms with Crippen molar-refractivity contribution in [2.24, 2.45) is 0 Å². The van der Waals surface area contributed by atoms with Crippen molar-refractivity contribution in [1.29, 1.82) is 0 Å². The fourth-order valence-electron chi connectivity index (χ4n) is 1.01. The van der Waals surface area contributed by atoms with Gasteiger partial charge in [-0.15, -0.1) is 0 Å². The highest BCUT2D eigenvalue weighted by Gasteiger charge is 2.07. The summed E-state index contributed by atoms with van der Waals surface area (Å²) in [6, 6.07) is 0. The van der Waals surface area contributed by atoms with Crippen molar-refractivity contribution in [3.63, 3.8) is 0 Å². The van der Waals surface area contributed by atoms with Crippen LogP contribution in [-0.2, 0) is 0 Å². The van der Waals surface area contributed by atoms with Gasteiger partial charge in [0.25, 0.3) is 0 Å². The van der Waals surface area contributed by atoms with Gasteiger partial charge in [-0.25, -0.2) is 0 Å². The maximum Gasteiger partial charge on any atom is 0.0542 e. The molecule has 0 heterocycles. The van der Waals surface area contributed by atoms with E-state index in [-0.39, 0.29) is 18.3 Å². The van der Waals surface area contributed by atoms with Crippen LogP contribution in [0.1, 0.15) is 39.5 Å². The number of hydrogen-bond donors (Lipinski definition) is 3. The third-order valence-corrected chi connectivity index (χ3v) is 1.84. The summed E-state index contributed by atoms with van der Waals surface area (Å²) in [7, 11) is 0. The summed E-state index contributed by atoms with van der Waals surface area (Å²) in [5, 5.41) is 27.2. The maximum atomic E-state index is 9.32. The first-order valence-corrected chi connectivity index (χ1v) is 4.56. The highest BCUT2D eigenvalue weighted by atomic mass is 16.3. The van der Waals surface area contributed by atoms with Gasteiger partial charge in [-0.05, 0) is 39.5 Å². The van der Waals surface area contributed by atoms with E-state index >= 15 is 0 Å². The van der Waals surface area contributed by atoms with Crippen LogP contribution in [0.15, 0.2) is 0 Å². The van der Waals surface area contributed by atoms with Crippen molar-refractivity contribution in [2.75, 3.05) is 0 Å². The molecule has 0 saturated heterocycles. The molecule has 0 bridgehead atoms. The Morgan fingerprint density at radius 2 is 1.08 bits per heavy atom. The van der Waals surface area contributed by atoms with Crippen molar-refractivity contribution in [3.8, 4) is 0 Å². The van der Waals surface area contributed by atoms with Gasteiger partial charge in [0.05, 0.1) is 18.3 Å². The van der Waals surface area contributed by atoms with Gasteiger partial charge >= 0.3 is 0 Å². The number of aliphatic hydroxyl groups is 3. The normalized spacial score (nSPS) is 16.5. The lowest BCUT2D eigenvalue weighted by molar-refractivity contribution is 0.0971. The molecule has 3 nitrogen and oxygen atoms in total. The van der Waals surface area contributed by atoms with E-state index in [2.05, 4.69) is 0 Å². The van der Waals surface area contributed by atoms with E-state index in [0.29, 0.717) is 25.7 Å². The Balaban J connectivity index is 3.27. The largest absolute Gasteiger partial charge is 0.393 e. The van der Waals surface area contributed by atoms with Gasteiger partial charge in [-0.2, -0.15) is 0 Å². The van der Waals surface area contributed by atoms with Gasteiger partial charge in [0.1, 0.15) is 0 Å². The molecule has 0 spiro atoms.